The highest BCUT2D eigenvalue weighted by Crippen LogP contribution is 2.37. The minimum Gasteiger partial charge on any atom is -0.396 e. The van der Waals surface area contributed by atoms with Crippen LogP contribution in [0.15, 0.2) is 0 Å². The number of aliphatic hydroxyl groups is 1. The molecular formula is C12H21NO2. The van der Waals surface area contributed by atoms with Gasteiger partial charge in [-0.05, 0) is 37.5 Å². The molecule has 86 valence electrons. The summed E-state index contributed by atoms with van der Waals surface area (Å²) in [6.07, 6.45) is 5.15. The van der Waals surface area contributed by atoms with Gasteiger partial charge in [0, 0.05) is 25.6 Å². The zero-order valence-electron chi connectivity index (χ0n) is 9.54. The molecule has 1 aliphatic carbocycles. The van der Waals surface area contributed by atoms with Crippen molar-refractivity contribution >= 4 is 5.91 Å². The topological polar surface area (TPSA) is 40.5 Å². The van der Waals surface area contributed by atoms with E-state index < -0.39 is 0 Å². The van der Waals surface area contributed by atoms with Crippen LogP contribution in [0.1, 0.15) is 39.0 Å². The maximum Gasteiger partial charge on any atom is 0.225 e. The van der Waals surface area contributed by atoms with E-state index >= 15 is 0 Å². The molecule has 0 spiro atoms. The van der Waals surface area contributed by atoms with Gasteiger partial charge in [0.2, 0.25) is 5.91 Å². The van der Waals surface area contributed by atoms with Crippen molar-refractivity contribution in [3.63, 3.8) is 0 Å². The molecule has 1 saturated heterocycles. The highest BCUT2D eigenvalue weighted by molar-refractivity contribution is 5.81. The minimum atomic E-state index is 0.0976. The van der Waals surface area contributed by atoms with Gasteiger partial charge in [-0.1, -0.05) is 6.92 Å². The molecule has 1 saturated carbocycles. The van der Waals surface area contributed by atoms with E-state index in [1.807, 2.05) is 4.90 Å². The van der Waals surface area contributed by atoms with Crippen LogP contribution in [0.5, 0.6) is 0 Å². The van der Waals surface area contributed by atoms with Gasteiger partial charge in [0.25, 0.3) is 0 Å². The van der Waals surface area contributed by atoms with E-state index in [1.165, 1.54) is 0 Å². The highest BCUT2D eigenvalue weighted by Gasteiger charge is 2.38. The molecule has 2 aliphatic rings. The number of rotatable bonds is 3. The molecule has 3 heteroatoms. The second kappa shape index (κ2) is 4.12. The fraction of sp³-hybridized carbons (Fsp3) is 0.917. The number of likely N-dealkylation sites (tertiary alicyclic amines) is 1. The molecule has 0 aromatic carbocycles. The first-order chi connectivity index (χ1) is 7.21. The maximum absolute atomic E-state index is 11.8. The van der Waals surface area contributed by atoms with Crippen molar-refractivity contribution in [2.45, 2.75) is 39.0 Å². The molecule has 2 rings (SSSR count). The van der Waals surface area contributed by atoms with Crippen molar-refractivity contribution in [3.8, 4) is 0 Å². The molecule has 1 amide bonds. The summed E-state index contributed by atoms with van der Waals surface area (Å²) in [5.41, 5.74) is 0.0976. The molecule has 1 aliphatic heterocycles. The standard InChI is InChI=1S/C12H21NO2/c1-2-12(9-14)5-7-13(8-6-12)11(15)10-3-4-10/h10,14H,2-9H2,1H3. The molecule has 2 fully saturated rings. The average molecular weight is 211 g/mol. The summed E-state index contributed by atoms with van der Waals surface area (Å²) in [6, 6.07) is 0. The van der Waals surface area contributed by atoms with Crippen molar-refractivity contribution in [2.24, 2.45) is 11.3 Å². The Hall–Kier alpha value is -0.570. The summed E-state index contributed by atoms with van der Waals surface area (Å²) in [4.78, 5) is 13.8. The third-order valence-electron chi connectivity index (χ3n) is 4.15. The Morgan fingerprint density at radius 3 is 2.40 bits per heavy atom. The lowest BCUT2D eigenvalue weighted by molar-refractivity contribution is -0.135. The molecule has 0 bridgehead atoms. The molecule has 0 aromatic heterocycles. The zero-order chi connectivity index (χ0) is 10.9. The first-order valence-electron chi connectivity index (χ1n) is 6.10. The number of piperidine rings is 1. The molecule has 1 N–H and O–H groups in total. The summed E-state index contributed by atoms with van der Waals surface area (Å²) in [7, 11) is 0. The predicted molar refractivity (Wildman–Crippen MR) is 58.3 cm³/mol. The first-order valence-corrected chi connectivity index (χ1v) is 6.10. The van der Waals surface area contributed by atoms with Gasteiger partial charge < -0.3 is 10.0 Å². The molecule has 15 heavy (non-hydrogen) atoms. The van der Waals surface area contributed by atoms with Crippen LogP contribution >= 0.6 is 0 Å². The number of aliphatic hydroxyl groups excluding tert-OH is 1. The van der Waals surface area contributed by atoms with Crippen molar-refractivity contribution in [1.29, 1.82) is 0 Å². The summed E-state index contributed by atoms with van der Waals surface area (Å²) in [5, 5.41) is 9.38. The predicted octanol–water partition coefficient (Wildman–Crippen LogP) is 1.41. The molecule has 0 aromatic rings. The minimum absolute atomic E-state index is 0.0976. The average Bonchev–Trinajstić information content (AvgIpc) is 3.12. The van der Waals surface area contributed by atoms with E-state index in [0.29, 0.717) is 11.8 Å². The monoisotopic (exact) mass is 211 g/mol. The van der Waals surface area contributed by atoms with E-state index in [9.17, 15) is 9.90 Å². The summed E-state index contributed by atoms with van der Waals surface area (Å²) >= 11 is 0. The Balaban J connectivity index is 1.87. The van der Waals surface area contributed by atoms with Crippen LogP contribution in [-0.2, 0) is 4.79 Å². The highest BCUT2D eigenvalue weighted by atomic mass is 16.3. The van der Waals surface area contributed by atoms with E-state index in [1.54, 1.807) is 0 Å². The number of nitrogens with zero attached hydrogens (tertiary/aromatic N) is 1. The Labute approximate surface area is 91.5 Å². The van der Waals surface area contributed by atoms with Crippen LogP contribution in [0.2, 0.25) is 0 Å². The second-order valence-electron chi connectivity index (χ2n) is 5.11. The van der Waals surface area contributed by atoms with Crippen LogP contribution in [-0.4, -0.2) is 35.6 Å². The summed E-state index contributed by atoms with van der Waals surface area (Å²) < 4.78 is 0. The number of hydrogen-bond acceptors (Lipinski definition) is 2. The van der Waals surface area contributed by atoms with Gasteiger partial charge in [0.05, 0.1) is 0 Å². The zero-order valence-corrected chi connectivity index (χ0v) is 9.54. The molecule has 0 unspecified atom stereocenters. The van der Waals surface area contributed by atoms with E-state index in [2.05, 4.69) is 6.92 Å². The van der Waals surface area contributed by atoms with Crippen LogP contribution in [0.4, 0.5) is 0 Å². The lowest BCUT2D eigenvalue weighted by Gasteiger charge is -2.40. The third-order valence-corrected chi connectivity index (χ3v) is 4.15. The van der Waals surface area contributed by atoms with Crippen LogP contribution < -0.4 is 0 Å². The van der Waals surface area contributed by atoms with Crippen molar-refractivity contribution < 1.29 is 9.90 Å². The van der Waals surface area contributed by atoms with Gasteiger partial charge >= 0.3 is 0 Å². The van der Waals surface area contributed by atoms with E-state index in [0.717, 1.165) is 45.2 Å². The number of carbonyl (C=O) groups excluding carboxylic acids is 1. The fourth-order valence-electron chi connectivity index (χ4n) is 2.41. The smallest absolute Gasteiger partial charge is 0.225 e. The number of amides is 1. The van der Waals surface area contributed by atoms with Crippen LogP contribution in [0.3, 0.4) is 0 Å². The Morgan fingerprint density at radius 1 is 1.40 bits per heavy atom. The number of carbonyl (C=O) groups is 1. The van der Waals surface area contributed by atoms with Crippen molar-refractivity contribution in [3.05, 3.63) is 0 Å². The van der Waals surface area contributed by atoms with Gasteiger partial charge in [-0.2, -0.15) is 0 Å². The molecule has 3 nitrogen and oxygen atoms in total. The van der Waals surface area contributed by atoms with E-state index in [-0.39, 0.29) is 12.0 Å². The van der Waals surface area contributed by atoms with E-state index in [4.69, 9.17) is 0 Å². The third kappa shape index (κ3) is 2.17. The van der Waals surface area contributed by atoms with Gasteiger partial charge in [-0.25, -0.2) is 0 Å². The Morgan fingerprint density at radius 2 is 2.00 bits per heavy atom. The van der Waals surface area contributed by atoms with Crippen molar-refractivity contribution in [2.75, 3.05) is 19.7 Å². The summed E-state index contributed by atoms with van der Waals surface area (Å²) in [5.74, 6) is 0.700. The van der Waals surface area contributed by atoms with Crippen LogP contribution in [0, 0.1) is 11.3 Å². The summed E-state index contributed by atoms with van der Waals surface area (Å²) in [6.45, 7) is 4.11. The SMILES string of the molecule is CCC1(CO)CCN(C(=O)C2CC2)CC1. The van der Waals surface area contributed by atoms with Gasteiger partial charge in [-0.15, -0.1) is 0 Å². The fourth-order valence-corrected chi connectivity index (χ4v) is 2.41. The normalized spacial score (nSPS) is 25.3. The Kier molecular flexibility index (Phi) is 3.01. The maximum atomic E-state index is 11.8. The van der Waals surface area contributed by atoms with Crippen LogP contribution in [0.25, 0.3) is 0 Å². The molecule has 0 atom stereocenters. The quantitative estimate of drug-likeness (QED) is 0.766. The second-order valence-corrected chi connectivity index (χ2v) is 5.11. The Bertz CT molecular complexity index is 234. The molecular weight excluding hydrogens is 190 g/mol. The van der Waals surface area contributed by atoms with Gasteiger partial charge in [0.1, 0.15) is 0 Å². The number of hydrogen-bond donors (Lipinski definition) is 1. The van der Waals surface area contributed by atoms with Crippen molar-refractivity contribution in [1.82, 2.24) is 4.90 Å². The first kappa shape index (κ1) is 10.9. The lowest BCUT2D eigenvalue weighted by Crippen LogP contribution is -2.45. The lowest BCUT2D eigenvalue weighted by atomic mass is 9.77. The van der Waals surface area contributed by atoms with Gasteiger partial charge in [-0.3, -0.25) is 4.79 Å². The molecule has 1 heterocycles. The van der Waals surface area contributed by atoms with Gasteiger partial charge in [0.15, 0.2) is 0 Å². The molecule has 0 radical (unpaired) electrons. The largest absolute Gasteiger partial charge is 0.396 e.